The van der Waals surface area contributed by atoms with Crippen LogP contribution in [0, 0.1) is 6.92 Å². The first-order chi connectivity index (χ1) is 11.6. The van der Waals surface area contributed by atoms with Crippen LogP contribution in [-0.4, -0.2) is 54.5 Å². The lowest BCUT2D eigenvalue weighted by Crippen LogP contribution is -2.46. The second kappa shape index (κ2) is 7.42. The molecule has 1 aliphatic heterocycles. The van der Waals surface area contributed by atoms with Gasteiger partial charge in [0.25, 0.3) is 0 Å². The standard InChI is InChI=1S/C18H23N3O2S/c1-13-12-24-17(19-13)15-11-21(9-10-23-15)16(18(22)20(2)3)14-7-5-4-6-8-14/h4-8,12,15-16H,9-11H2,1-3H3/t15-,16+/m1/s1. The molecule has 0 radical (unpaired) electrons. The lowest BCUT2D eigenvalue weighted by molar-refractivity contribution is -0.138. The van der Waals surface area contributed by atoms with Crippen molar-refractivity contribution < 1.29 is 9.53 Å². The lowest BCUT2D eigenvalue weighted by atomic mass is 10.0. The number of aromatic nitrogens is 1. The van der Waals surface area contributed by atoms with Crippen LogP contribution in [0.25, 0.3) is 0 Å². The molecule has 2 aromatic rings. The zero-order valence-electron chi connectivity index (χ0n) is 14.3. The molecular formula is C18H23N3O2S. The third-order valence-corrected chi connectivity index (χ3v) is 5.22. The number of aryl methyl sites for hydroxylation is 1. The Labute approximate surface area is 146 Å². The number of amides is 1. The van der Waals surface area contributed by atoms with E-state index in [1.54, 1.807) is 30.3 Å². The van der Waals surface area contributed by atoms with Crippen LogP contribution in [0.3, 0.4) is 0 Å². The van der Waals surface area contributed by atoms with Gasteiger partial charge in [0.1, 0.15) is 17.2 Å². The summed E-state index contributed by atoms with van der Waals surface area (Å²) in [5, 5.41) is 3.03. The van der Waals surface area contributed by atoms with E-state index in [4.69, 9.17) is 4.74 Å². The Balaban J connectivity index is 1.85. The molecule has 0 bridgehead atoms. The third-order valence-electron chi connectivity index (χ3n) is 4.17. The van der Waals surface area contributed by atoms with Crippen LogP contribution in [0.4, 0.5) is 0 Å². The molecule has 0 unspecified atom stereocenters. The summed E-state index contributed by atoms with van der Waals surface area (Å²) < 4.78 is 5.92. The van der Waals surface area contributed by atoms with Crippen molar-refractivity contribution >= 4 is 17.2 Å². The monoisotopic (exact) mass is 345 g/mol. The molecule has 3 rings (SSSR count). The number of rotatable bonds is 4. The molecule has 1 saturated heterocycles. The Kier molecular flexibility index (Phi) is 5.28. The predicted molar refractivity (Wildman–Crippen MR) is 95.0 cm³/mol. The smallest absolute Gasteiger partial charge is 0.244 e. The Hall–Kier alpha value is -1.76. The van der Waals surface area contributed by atoms with E-state index in [0.717, 1.165) is 22.8 Å². The number of morpholine rings is 1. The van der Waals surface area contributed by atoms with E-state index >= 15 is 0 Å². The van der Waals surface area contributed by atoms with Crippen molar-refractivity contribution in [2.24, 2.45) is 0 Å². The number of carbonyl (C=O) groups is 1. The first kappa shape index (κ1) is 17.1. The van der Waals surface area contributed by atoms with E-state index in [9.17, 15) is 4.79 Å². The molecule has 1 aliphatic rings. The van der Waals surface area contributed by atoms with Gasteiger partial charge in [0, 0.05) is 38.3 Å². The lowest BCUT2D eigenvalue weighted by Gasteiger charge is -2.38. The fraction of sp³-hybridized carbons (Fsp3) is 0.444. The van der Waals surface area contributed by atoms with Gasteiger partial charge in [-0.25, -0.2) is 4.98 Å². The molecule has 2 atom stereocenters. The SMILES string of the molecule is Cc1csc([C@H]2CN([C@H](C(=O)N(C)C)c3ccccc3)CCO2)n1. The summed E-state index contributed by atoms with van der Waals surface area (Å²) in [5.41, 5.74) is 2.03. The molecule has 0 saturated carbocycles. The first-order valence-corrected chi connectivity index (χ1v) is 8.98. The minimum atomic E-state index is -0.284. The number of likely N-dealkylation sites (N-methyl/N-ethyl adjacent to an activating group) is 1. The molecule has 1 fully saturated rings. The molecule has 1 aromatic heterocycles. The van der Waals surface area contributed by atoms with Gasteiger partial charge in [0.15, 0.2) is 0 Å². The Morgan fingerprint density at radius 1 is 1.38 bits per heavy atom. The average molecular weight is 345 g/mol. The Morgan fingerprint density at radius 2 is 2.12 bits per heavy atom. The normalized spacial score (nSPS) is 19.9. The van der Waals surface area contributed by atoms with Gasteiger partial charge >= 0.3 is 0 Å². The molecule has 128 valence electrons. The molecule has 24 heavy (non-hydrogen) atoms. The van der Waals surface area contributed by atoms with E-state index in [1.807, 2.05) is 42.6 Å². The van der Waals surface area contributed by atoms with Gasteiger partial charge in [0.2, 0.25) is 5.91 Å². The maximum atomic E-state index is 12.8. The largest absolute Gasteiger partial charge is 0.368 e. The maximum Gasteiger partial charge on any atom is 0.244 e. The minimum absolute atomic E-state index is 0.0707. The van der Waals surface area contributed by atoms with Crippen LogP contribution in [0.1, 0.15) is 28.4 Å². The summed E-state index contributed by atoms with van der Waals surface area (Å²) in [6.07, 6.45) is -0.0707. The molecule has 0 N–H and O–H groups in total. The van der Waals surface area contributed by atoms with Gasteiger partial charge in [-0.05, 0) is 12.5 Å². The summed E-state index contributed by atoms with van der Waals surface area (Å²) in [5.74, 6) is 0.0946. The number of nitrogens with zero attached hydrogens (tertiary/aromatic N) is 3. The highest BCUT2D eigenvalue weighted by atomic mass is 32.1. The van der Waals surface area contributed by atoms with Crippen molar-refractivity contribution in [1.82, 2.24) is 14.8 Å². The number of hydrogen-bond donors (Lipinski definition) is 0. The summed E-state index contributed by atoms with van der Waals surface area (Å²) in [6, 6.07) is 9.68. The number of thiazole rings is 1. The third kappa shape index (κ3) is 3.66. The minimum Gasteiger partial charge on any atom is -0.368 e. The summed E-state index contributed by atoms with van der Waals surface area (Å²) in [6.45, 7) is 4.00. The van der Waals surface area contributed by atoms with Gasteiger partial charge in [-0.3, -0.25) is 9.69 Å². The molecule has 1 amide bonds. The number of benzene rings is 1. The fourth-order valence-corrected chi connectivity index (χ4v) is 3.80. The molecule has 0 spiro atoms. The van der Waals surface area contributed by atoms with Gasteiger partial charge in [-0.2, -0.15) is 0 Å². The van der Waals surface area contributed by atoms with Crippen LogP contribution < -0.4 is 0 Å². The van der Waals surface area contributed by atoms with E-state index in [2.05, 4.69) is 9.88 Å². The van der Waals surface area contributed by atoms with Crippen molar-refractivity contribution in [3.63, 3.8) is 0 Å². The molecule has 5 nitrogen and oxygen atoms in total. The van der Waals surface area contributed by atoms with Crippen LogP contribution in [0.2, 0.25) is 0 Å². The van der Waals surface area contributed by atoms with Crippen molar-refractivity contribution in [3.05, 3.63) is 52.0 Å². The Bertz CT molecular complexity index is 687. The maximum absolute atomic E-state index is 12.8. The number of hydrogen-bond acceptors (Lipinski definition) is 5. The highest BCUT2D eigenvalue weighted by Crippen LogP contribution is 2.31. The van der Waals surface area contributed by atoms with Gasteiger partial charge in [-0.1, -0.05) is 30.3 Å². The van der Waals surface area contributed by atoms with Crippen molar-refractivity contribution in [3.8, 4) is 0 Å². The zero-order valence-corrected chi connectivity index (χ0v) is 15.1. The molecule has 2 heterocycles. The summed E-state index contributed by atoms with van der Waals surface area (Å²) in [4.78, 5) is 21.2. The quantitative estimate of drug-likeness (QED) is 0.855. The molecule has 0 aliphatic carbocycles. The first-order valence-electron chi connectivity index (χ1n) is 8.10. The predicted octanol–water partition coefficient (Wildman–Crippen LogP) is 2.65. The average Bonchev–Trinajstić information content (AvgIpc) is 3.03. The Morgan fingerprint density at radius 3 is 2.75 bits per heavy atom. The van der Waals surface area contributed by atoms with E-state index in [0.29, 0.717) is 13.2 Å². The van der Waals surface area contributed by atoms with Crippen molar-refractivity contribution in [2.75, 3.05) is 33.8 Å². The summed E-state index contributed by atoms with van der Waals surface area (Å²) >= 11 is 1.62. The van der Waals surface area contributed by atoms with Crippen molar-refractivity contribution in [1.29, 1.82) is 0 Å². The van der Waals surface area contributed by atoms with E-state index < -0.39 is 0 Å². The fourth-order valence-electron chi connectivity index (χ4n) is 2.96. The van der Waals surface area contributed by atoms with Crippen molar-refractivity contribution in [2.45, 2.75) is 19.1 Å². The number of ether oxygens (including phenoxy) is 1. The van der Waals surface area contributed by atoms with Crippen LogP contribution in [0.5, 0.6) is 0 Å². The molecule has 1 aromatic carbocycles. The highest BCUT2D eigenvalue weighted by Gasteiger charge is 2.34. The van der Waals surface area contributed by atoms with E-state index in [1.165, 1.54) is 0 Å². The second-order valence-electron chi connectivity index (χ2n) is 6.23. The van der Waals surface area contributed by atoms with E-state index in [-0.39, 0.29) is 18.1 Å². The van der Waals surface area contributed by atoms with Gasteiger partial charge in [0.05, 0.1) is 6.61 Å². The zero-order chi connectivity index (χ0) is 17.1. The number of carbonyl (C=O) groups excluding carboxylic acids is 1. The van der Waals surface area contributed by atoms with Crippen LogP contribution >= 0.6 is 11.3 Å². The molecular weight excluding hydrogens is 322 g/mol. The van der Waals surface area contributed by atoms with Crippen LogP contribution in [-0.2, 0) is 9.53 Å². The summed E-state index contributed by atoms with van der Waals surface area (Å²) in [7, 11) is 3.61. The second-order valence-corrected chi connectivity index (χ2v) is 7.12. The molecule has 6 heteroatoms. The highest BCUT2D eigenvalue weighted by molar-refractivity contribution is 7.09. The van der Waals surface area contributed by atoms with Gasteiger partial charge < -0.3 is 9.64 Å². The van der Waals surface area contributed by atoms with Gasteiger partial charge in [-0.15, -0.1) is 11.3 Å². The van der Waals surface area contributed by atoms with Crippen LogP contribution in [0.15, 0.2) is 35.7 Å². The topological polar surface area (TPSA) is 45.7 Å².